The average Bonchev–Trinajstić information content (AvgIpc) is 2.41. The van der Waals surface area contributed by atoms with Crippen LogP contribution in [0.2, 0.25) is 5.02 Å². The second-order valence-electron chi connectivity index (χ2n) is 4.39. The van der Waals surface area contributed by atoms with Crippen LogP contribution >= 0.6 is 11.6 Å². The Bertz CT molecular complexity index is 646. The van der Waals surface area contributed by atoms with Crippen LogP contribution in [0.1, 0.15) is 28.9 Å². The summed E-state index contributed by atoms with van der Waals surface area (Å²) in [6.07, 6.45) is 0. The molecule has 0 aliphatic rings. The van der Waals surface area contributed by atoms with E-state index in [-0.39, 0.29) is 22.4 Å². The van der Waals surface area contributed by atoms with E-state index in [1.165, 1.54) is 18.2 Å². The molecule has 0 aliphatic carbocycles. The molecule has 1 unspecified atom stereocenters. The van der Waals surface area contributed by atoms with Crippen LogP contribution in [0.25, 0.3) is 0 Å². The minimum absolute atomic E-state index is 0.110. The molecule has 2 aromatic rings. The Morgan fingerprint density at radius 2 is 2.00 bits per heavy atom. The van der Waals surface area contributed by atoms with Crippen molar-refractivity contribution in [3.05, 3.63) is 64.4 Å². The maximum Gasteiger partial charge on any atom is 0.335 e. The number of hydrogen-bond donors (Lipinski definition) is 2. The third-order valence-electron chi connectivity index (χ3n) is 2.96. The quantitative estimate of drug-likeness (QED) is 0.881. The molecule has 1 atom stereocenters. The van der Waals surface area contributed by atoms with Crippen LogP contribution in [0.15, 0.2) is 42.5 Å². The van der Waals surface area contributed by atoms with Crippen molar-refractivity contribution in [3.8, 4) is 0 Å². The predicted molar refractivity (Wildman–Crippen MR) is 76.8 cm³/mol. The van der Waals surface area contributed by atoms with Crippen molar-refractivity contribution < 1.29 is 14.3 Å². The average molecular weight is 294 g/mol. The first-order chi connectivity index (χ1) is 9.49. The summed E-state index contributed by atoms with van der Waals surface area (Å²) < 4.78 is 13.7. The number of benzene rings is 2. The van der Waals surface area contributed by atoms with Crippen LogP contribution in [0.5, 0.6) is 0 Å². The number of halogens is 2. The van der Waals surface area contributed by atoms with Crippen LogP contribution in [-0.4, -0.2) is 11.1 Å². The number of aromatic carboxylic acids is 1. The Kier molecular flexibility index (Phi) is 4.25. The number of carbonyl (C=O) groups is 1. The van der Waals surface area contributed by atoms with Crippen LogP contribution < -0.4 is 5.32 Å². The van der Waals surface area contributed by atoms with E-state index in [0.717, 1.165) is 0 Å². The summed E-state index contributed by atoms with van der Waals surface area (Å²) >= 11 is 6.03. The zero-order valence-electron chi connectivity index (χ0n) is 10.7. The molecule has 0 fully saturated rings. The van der Waals surface area contributed by atoms with Crippen molar-refractivity contribution in [2.75, 3.05) is 5.32 Å². The molecule has 0 aromatic heterocycles. The van der Waals surface area contributed by atoms with E-state index in [0.29, 0.717) is 11.3 Å². The summed E-state index contributed by atoms with van der Waals surface area (Å²) in [6.45, 7) is 1.81. The third kappa shape index (κ3) is 3.08. The van der Waals surface area contributed by atoms with Crippen LogP contribution in [0.3, 0.4) is 0 Å². The highest BCUT2D eigenvalue weighted by molar-refractivity contribution is 6.33. The van der Waals surface area contributed by atoms with Gasteiger partial charge in [-0.3, -0.25) is 0 Å². The van der Waals surface area contributed by atoms with Crippen molar-refractivity contribution in [3.63, 3.8) is 0 Å². The zero-order chi connectivity index (χ0) is 14.7. The molecule has 2 rings (SSSR count). The zero-order valence-corrected chi connectivity index (χ0v) is 11.5. The Morgan fingerprint density at radius 1 is 1.30 bits per heavy atom. The molecule has 0 saturated heterocycles. The molecule has 20 heavy (non-hydrogen) atoms. The highest BCUT2D eigenvalue weighted by Crippen LogP contribution is 2.28. The van der Waals surface area contributed by atoms with Crippen LogP contribution in [0.4, 0.5) is 10.1 Å². The van der Waals surface area contributed by atoms with Crippen molar-refractivity contribution in [2.45, 2.75) is 13.0 Å². The summed E-state index contributed by atoms with van der Waals surface area (Å²) in [5.41, 5.74) is 1.19. The van der Waals surface area contributed by atoms with Gasteiger partial charge in [-0.15, -0.1) is 0 Å². The SMILES string of the molecule is CC(Nc1ccc(C(=O)O)cc1Cl)c1ccccc1F. The Morgan fingerprint density at radius 3 is 2.60 bits per heavy atom. The Hall–Kier alpha value is -2.07. The third-order valence-corrected chi connectivity index (χ3v) is 3.27. The first-order valence-electron chi connectivity index (χ1n) is 6.03. The van der Waals surface area contributed by atoms with Gasteiger partial charge in [-0.1, -0.05) is 29.8 Å². The fourth-order valence-corrected chi connectivity index (χ4v) is 2.14. The number of hydrogen-bond acceptors (Lipinski definition) is 2. The lowest BCUT2D eigenvalue weighted by Gasteiger charge is -2.17. The lowest BCUT2D eigenvalue weighted by Crippen LogP contribution is -2.09. The topological polar surface area (TPSA) is 49.3 Å². The molecule has 2 aromatic carbocycles. The first kappa shape index (κ1) is 14.3. The van der Waals surface area contributed by atoms with Crippen LogP contribution in [0, 0.1) is 5.82 Å². The second-order valence-corrected chi connectivity index (χ2v) is 4.79. The van der Waals surface area contributed by atoms with Gasteiger partial charge in [0.2, 0.25) is 0 Å². The first-order valence-corrected chi connectivity index (χ1v) is 6.40. The molecule has 5 heteroatoms. The highest BCUT2D eigenvalue weighted by atomic mass is 35.5. The van der Waals surface area contributed by atoms with E-state index in [4.69, 9.17) is 16.7 Å². The molecule has 0 heterocycles. The number of anilines is 1. The molecular formula is C15H13ClFNO2. The van der Waals surface area contributed by atoms with Crippen molar-refractivity contribution in [1.29, 1.82) is 0 Å². The van der Waals surface area contributed by atoms with E-state index >= 15 is 0 Å². The number of nitrogens with one attached hydrogen (secondary N) is 1. The van der Waals surface area contributed by atoms with Gasteiger partial charge in [0.15, 0.2) is 0 Å². The summed E-state index contributed by atoms with van der Waals surface area (Å²) in [6, 6.07) is 10.6. The lowest BCUT2D eigenvalue weighted by atomic mass is 10.1. The van der Waals surface area contributed by atoms with Gasteiger partial charge in [0.25, 0.3) is 0 Å². The fourth-order valence-electron chi connectivity index (χ4n) is 1.90. The number of carboxylic acid groups (broad SMARTS) is 1. The van der Waals surface area contributed by atoms with Gasteiger partial charge >= 0.3 is 5.97 Å². The normalized spacial score (nSPS) is 11.9. The van der Waals surface area contributed by atoms with Gasteiger partial charge in [0.1, 0.15) is 5.82 Å². The van der Waals surface area contributed by atoms with E-state index in [1.807, 2.05) is 0 Å². The van der Waals surface area contributed by atoms with Crippen molar-refractivity contribution in [2.24, 2.45) is 0 Å². The molecule has 0 amide bonds. The summed E-state index contributed by atoms with van der Waals surface area (Å²) in [7, 11) is 0. The number of rotatable bonds is 4. The largest absolute Gasteiger partial charge is 0.478 e. The second kappa shape index (κ2) is 5.92. The molecule has 0 spiro atoms. The van der Waals surface area contributed by atoms with Gasteiger partial charge in [-0.25, -0.2) is 9.18 Å². The van der Waals surface area contributed by atoms with Gasteiger partial charge < -0.3 is 10.4 Å². The Balaban J connectivity index is 2.22. The molecule has 0 bridgehead atoms. The van der Waals surface area contributed by atoms with Gasteiger partial charge in [-0.2, -0.15) is 0 Å². The van der Waals surface area contributed by atoms with E-state index in [1.54, 1.807) is 31.2 Å². The smallest absolute Gasteiger partial charge is 0.335 e. The predicted octanol–water partition coefficient (Wildman–Crippen LogP) is 4.35. The molecule has 0 radical (unpaired) electrons. The fraction of sp³-hybridized carbons (Fsp3) is 0.133. The maximum absolute atomic E-state index is 13.7. The van der Waals surface area contributed by atoms with E-state index < -0.39 is 5.97 Å². The van der Waals surface area contributed by atoms with Gasteiger partial charge in [0.05, 0.1) is 22.3 Å². The summed E-state index contributed by atoms with van der Waals surface area (Å²) in [4.78, 5) is 10.8. The standard InChI is InChI=1S/C15H13ClFNO2/c1-9(11-4-2-3-5-13(11)17)18-14-7-6-10(15(19)20)8-12(14)16/h2-9,18H,1H3,(H,19,20). The number of carboxylic acids is 1. The lowest BCUT2D eigenvalue weighted by molar-refractivity contribution is 0.0697. The van der Waals surface area contributed by atoms with Crippen molar-refractivity contribution in [1.82, 2.24) is 0 Å². The highest BCUT2D eigenvalue weighted by Gasteiger charge is 2.13. The molecule has 104 valence electrons. The Labute approximate surface area is 121 Å². The molecule has 0 saturated carbocycles. The molecular weight excluding hydrogens is 281 g/mol. The van der Waals surface area contributed by atoms with Crippen molar-refractivity contribution >= 4 is 23.3 Å². The van der Waals surface area contributed by atoms with E-state index in [2.05, 4.69) is 5.32 Å². The van der Waals surface area contributed by atoms with Gasteiger partial charge in [-0.05, 0) is 31.2 Å². The monoisotopic (exact) mass is 293 g/mol. The van der Waals surface area contributed by atoms with Gasteiger partial charge in [0, 0.05) is 5.56 Å². The molecule has 0 aliphatic heterocycles. The van der Waals surface area contributed by atoms with Crippen LogP contribution in [-0.2, 0) is 0 Å². The minimum atomic E-state index is -1.04. The molecule has 3 nitrogen and oxygen atoms in total. The summed E-state index contributed by atoms with van der Waals surface area (Å²) in [5.74, 6) is -1.34. The molecule has 2 N–H and O–H groups in total. The van der Waals surface area contributed by atoms with E-state index in [9.17, 15) is 9.18 Å². The maximum atomic E-state index is 13.7. The minimum Gasteiger partial charge on any atom is -0.478 e. The summed E-state index contributed by atoms with van der Waals surface area (Å²) in [5, 5.41) is 12.2.